The number of hydrogen-bond acceptors (Lipinski definition) is 3. The molecule has 0 saturated heterocycles. The fourth-order valence-electron chi connectivity index (χ4n) is 2.67. The van der Waals surface area contributed by atoms with E-state index in [4.69, 9.17) is 4.52 Å². The van der Waals surface area contributed by atoms with E-state index in [1.807, 2.05) is 26.0 Å². The first kappa shape index (κ1) is 17.0. The molecule has 0 aliphatic carbocycles. The van der Waals surface area contributed by atoms with Gasteiger partial charge in [-0.3, -0.25) is 4.79 Å². The van der Waals surface area contributed by atoms with Gasteiger partial charge < -0.3 is 9.84 Å². The Morgan fingerprint density at radius 3 is 2.48 bits per heavy atom. The number of alkyl halides is 3. The minimum absolute atomic E-state index is 0.0308. The van der Waals surface area contributed by atoms with Crippen LogP contribution in [0, 0.1) is 13.8 Å². The van der Waals surface area contributed by atoms with Crippen molar-refractivity contribution in [3.8, 4) is 0 Å². The van der Waals surface area contributed by atoms with Crippen molar-refractivity contribution in [1.29, 1.82) is 0 Å². The summed E-state index contributed by atoms with van der Waals surface area (Å²) >= 11 is 0. The third kappa shape index (κ3) is 3.65. The Bertz CT molecular complexity index is 928. The van der Waals surface area contributed by atoms with E-state index < -0.39 is 11.7 Å². The average molecular weight is 348 g/mol. The predicted molar refractivity (Wildman–Crippen MR) is 87.3 cm³/mol. The molecule has 0 unspecified atom stereocenters. The second kappa shape index (κ2) is 6.23. The van der Waals surface area contributed by atoms with Crippen LogP contribution in [0.5, 0.6) is 0 Å². The van der Waals surface area contributed by atoms with Crippen LogP contribution < -0.4 is 5.32 Å². The highest BCUT2D eigenvalue weighted by Gasteiger charge is 2.30. The highest BCUT2D eigenvalue weighted by Crippen LogP contribution is 2.30. The lowest BCUT2D eigenvalue weighted by molar-refractivity contribution is -0.137. The lowest BCUT2D eigenvalue weighted by Gasteiger charge is -2.08. The summed E-state index contributed by atoms with van der Waals surface area (Å²) in [6.07, 6.45) is -4.44. The van der Waals surface area contributed by atoms with Crippen molar-refractivity contribution in [2.24, 2.45) is 0 Å². The van der Waals surface area contributed by atoms with Crippen molar-refractivity contribution >= 4 is 22.6 Å². The number of hydrogen-bond donors (Lipinski definition) is 1. The summed E-state index contributed by atoms with van der Waals surface area (Å²) in [6, 6.07) is 8.13. The molecule has 0 fully saturated rings. The molecule has 1 N–H and O–H groups in total. The minimum Gasteiger partial charge on any atom is -0.356 e. The first-order chi connectivity index (χ1) is 11.7. The molecule has 3 rings (SSSR count). The van der Waals surface area contributed by atoms with Crippen molar-refractivity contribution in [3.05, 3.63) is 58.8 Å². The van der Waals surface area contributed by atoms with Gasteiger partial charge in [0.05, 0.1) is 12.0 Å². The number of aryl methyl sites for hydroxylation is 2. The van der Waals surface area contributed by atoms with E-state index >= 15 is 0 Å². The van der Waals surface area contributed by atoms with Gasteiger partial charge in [0.2, 0.25) is 5.91 Å². The van der Waals surface area contributed by atoms with Gasteiger partial charge in [-0.05, 0) is 55.3 Å². The van der Waals surface area contributed by atoms with E-state index in [0.29, 0.717) is 11.3 Å². The van der Waals surface area contributed by atoms with Crippen LogP contribution in [-0.2, 0) is 17.4 Å². The molecule has 3 aromatic rings. The fraction of sp³-hybridized carbons (Fsp3) is 0.222. The number of carbonyl (C=O) groups is 1. The molecule has 7 heteroatoms. The second-order valence-corrected chi connectivity index (χ2v) is 5.89. The molecule has 0 spiro atoms. The zero-order valence-corrected chi connectivity index (χ0v) is 13.6. The monoisotopic (exact) mass is 348 g/mol. The maximum absolute atomic E-state index is 12.5. The lowest BCUT2D eigenvalue weighted by Crippen LogP contribution is -2.15. The summed E-state index contributed by atoms with van der Waals surface area (Å²) in [6.45, 7) is 3.83. The van der Waals surface area contributed by atoms with Gasteiger partial charge in [0.15, 0.2) is 5.58 Å². The van der Waals surface area contributed by atoms with E-state index in [2.05, 4.69) is 10.5 Å². The first-order valence-corrected chi connectivity index (χ1v) is 7.56. The highest BCUT2D eigenvalue weighted by atomic mass is 19.4. The Labute approximate surface area is 141 Å². The Morgan fingerprint density at radius 2 is 1.84 bits per heavy atom. The van der Waals surface area contributed by atoms with Crippen molar-refractivity contribution in [1.82, 2.24) is 5.16 Å². The normalized spacial score (nSPS) is 11.7. The number of anilines is 1. The Kier molecular flexibility index (Phi) is 4.24. The van der Waals surface area contributed by atoms with Crippen LogP contribution in [0.25, 0.3) is 11.0 Å². The van der Waals surface area contributed by atoms with Crippen molar-refractivity contribution in [2.45, 2.75) is 26.4 Å². The third-order valence-electron chi connectivity index (χ3n) is 3.80. The molecule has 1 aromatic heterocycles. The van der Waals surface area contributed by atoms with Gasteiger partial charge in [-0.1, -0.05) is 11.2 Å². The van der Waals surface area contributed by atoms with Crippen LogP contribution in [0.2, 0.25) is 0 Å². The molecule has 0 aliphatic rings. The summed E-state index contributed by atoms with van der Waals surface area (Å²) in [5.41, 5.74) is 2.60. The van der Waals surface area contributed by atoms with Gasteiger partial charge in [0.1, 0.15) is 5.69 Å². The Hall–Kier alpha value is -2.83. The number of nitrogens with one attached hydrogen (secondary N) is 1. The molecule has 0 atom stereocenters. The van der Waals surface area contributed by atoms with Crippen LogP contribution >= 0.6 is 0 Å². The van der Waals surface area contributed by atoms with Crippen LogP contribution in [0.1, 0.15) is 22.4 Å². The summed E-state index contributed by atoms with van der Waals surface area (Å²) in [5, 5.41) is 7.27. The van der Waals surface area contributed by atoms with Crippen molar-refractivity contribution in [2.75, 3.05) is 5.32 Å². The van der Waals surface area contributed by atoms with Crippen LogP contribution in [0.4, 0.5) is 18.9 Å². The van der Waals surface area contributed by atoms with Gasteiger partial charge >= 0.3 is 6.18 Å². The second-order valence-electron chi connectivity index (χ2n) is 5.89. The highest BCUT2D eigenvalue weighted by molar-refractivity contribution is 5.95. The van der Waals surface area contributed by atoms with E-state index in [1.54, 1.807) is 0 Å². The fourth-order valence-corrected chi connectivity index (χ4v) is 2.67. The summed E-state index contributed by atoms with van der Waals surface area (Å²) in [5.74, 6) is -0.380. The topological polar surface area (TPSA) is 55.1 Å². The molecule has 25 heavy (non-hydrogen) atoms. The summed E-state index contributed by atoms with van der Waals surface area (Å²) in [7, 11) is 0. The maximum Gasteiger partial charge on any atom is 0.416 e. The number of halogens is 3. The van der Waals surface area contributed by atoms with E-state index in [1.165, 1.54) is 12.1 Å². The van der Waals surface area contributed by atoms with Gasteiger partial charge in [-0.15, -0.1) is 0 Å². The Morgan fingerprint density at radius 1 is 1.16 bits per heavy atom. The molecule has 130 valence electrons. The van der Waals surface area contributed by atoms with Gasteiger partial charge in [0.25, 0.3) is 0 Å². The number of carbonyl (C=O) groups excluding carboxylic acids is 1. The SMILES string of the molecule is Cc1cc(C)c2onc(CC(=O)Nc3ccc(C(F)(F)F)cc3)c2c1. The Balaban J connectivity index is 1.75. The lowest BCUT2D eigenvalue weighted by atomic mass is 10.1. The number of aromatic nitrogens is 1. The van der Waals surface area contributed by atoms with Crippen molar-refractivity contribution in [3.63, 3.8) is 0 Å². The number of nitrogens with zero attached hydrogens (tertiary/aromatic N) is 1. The zero-order chi connectivity index (χ0) is 18.2. The summed E-state index contributed by atoms with van der Waals surface area (Å²) < 4.78 is 42.9. The number of fused-ring (bicyclic) bond motifs is 1. The molecule has 1 amide bonds. The number of amides is 1. The minimum atomic E-state index is -4.40. The maximum atomic E-state index is 12.5. The van der Waals surface area contributed by atoms with Gasteiger partial charge in [0, 0.05) is 11.1 Å². The van der Waals surface area contributed by atoms with E-state index in [9.17, 15) is 18.0 Å². The molecule has 0 bridgehead atoms. The largest absolute Gasteiger partial charge is 0.416 e. The van der Waals surface area contributed by atoms with Crippen molar-refractivity contribution < 1.29 is 22.5 Å². The first-order valence-electron chi connectivity index (χ1n) is 7.56. The third-order valence-corrected chi connectivity index (χ3v) is 3.80. The van der Waals surface area contributed by atoms with E-state index in [0.717, 1.165) is 28.6 Å². The van der Waals surface area contributed by atoms with Gasteiger partial charge in [-0.2, -0.15) is 13.2 Å². The van der Waals surface area contributed by atoms with Crippen LogP contribution in [-0.4, -0.2) is 11.1 Å². The number of rotatable bonds is 3. The molecule has 0 aliphatic heterocycles. The predicted octanol–water partition coefficient (Wildman–Crippen LogP) is 4.64. The zero-order valence-electron chi connectivity index (χ0n) is 13.6. The van der Waals surface area contributed by atoms with Crippen LogP contribution in [0.15, 0.2) is 40.9 Å². The molecule has 0 radical (unpaired) electrons. The molecular weight excluding hydrogens is 333 g/mol. The van der Waals surface area contributed by atoms with Crippen LogP contribution in [0.3, 0.4) is 0 Å². The molecule has 1 heterocycles. The van der Waals surface area contributed by atoms with Gasteiger partial charge in [-0.25, -0.2) is 0 Å². The molecule has 0 saturated carbocycles. The standard InChI is InChI=1S/C18H15F3N2O2/c1-10-7-11(2)17-14(8-10)15(23-25-17)9-16(24)22-13-5-3-12(4-6-13)18(19,20)21/h3-8H,9H2,1-2H3,(H,22,24). The van der Waals surface area contributed by atoms with E-state index in [-0.39, 0.29) is 18.0 Å². The molecular formula is C18H15F3N2O2. The summed E-state index contributed by atoms with van der Waals surface area (Å²) in [4.78, 5) is 12.2. The molecule has 2 aromatic carbocycles. The number of benzene rings is 2. The molecule has 4 nitrogen and oxygen atoms in total. The average Bonchev–Trinajstić information content (AvgIpc) is 2.90. The smallest absolute Gasteiger partial charge is 0.356 e. The quantitative estimate of drug-likeness (QED) is 0.750.